The van der Waals surface area contributed by atoms with Crippen molar-refractivity contribution in [1.82, 2.24) is 29.0 Å². The second kappa shape index (κ2) is 12.4. The highest BCUT2D eigenvalue weighted by atomic mass is 32.2. The molecule has 6 rings (SSSR count). The van der Waals surface area contributed by atoms with E-state index in [-0.39, 0.29) is 40.5 Å². The number of amides is 1. The van der Waals surface area contributed by atoms with Crippen LogP contribution in [0.1, 0.15) is 85.7 Å². The molecular formula is C33H47FN6O3S. The average molecular weight is 627 g/mol. The number of carbonyl (C=O) groups is 1. The first-order chi connectivity index (χ1) is 21.0. The molecule has 44 heavy (non-hydrogen) atoms. The van der Waals surface area contributed by atoms with Crippen molar-refractivity contribution in [3.05, 3.63) is 58.9 Å². The Labute approximate surface area is 261 Å². The minimum absolute atomic E-state index is 0.00866. The molecule has 1 saturated carbocycles. The van der Waals surface area contributed by atoms with Crippen LogP contribution in [0.15, 0.2) is 30.6 Å². The first-order valence-corrected chi connectivity index (χ1v) is 17.8. The molecule has 0 N–H and O–H groups in total. The number of piperidine rings is 2. The number of piperazine rings is 1. The van der Waals surface area contributed by atoms with Gasteiger partial charge in [0, 0.05) is 63.4 Å². The summed E-state index contributed by atoms with van der Waals surface area (Å²) in [5.74, 6) is 0.0544. The third-order valence-corrected chi connectivity index (χ3v) is 13.2. The van der Waals surface area contributed by atoms with Crippen molar-refractivity contribution >= 4 is 15.9 Å². The summed E-state index contributed by atoms with van der Waals surface area (Å²) in [4.78, 5) is 29.0. The molecule has 0 bridgehead atoms. The van der Waals surface area contributed by atoms with Crippen molar-refractivity contribution in [2.45, 2.75) is 89.1 Å². The molecule has 9 nitrogen and oxygen atoms in total. The number of benzene rings is 1. The summed E-state index contributed by atoms with van der Waals surface area (Å²) in [6.07, 6.45) is 6.45. The SMILES string of the molecule is Cc1ncnc(C)c1C(=O)N1CCC(C)(N2CCN(C(c3cccc(F)c3)C3CCN(S(=O)(=O)C4CC4)CC3)C(C)C2)CC1. The molecule has 4 heterocycles. The van der Waals surface area contributed by atoms with Crippen LogP contribution in [-0.4, -0.2) is 106 Å². The van der Waals surface area contributed by atoms with Crippen LogP contribution < -0.4 is 0 Å². The third-order valence-electron chi connectivity index (χ3n) is 10.8. The van der Waals surface area contributed by atoms with Gasteiger partial charge in [0.1, 0.15) is 12.1 Å². The van der Waals surface area contributed by atoms with E-state index in [1.807, 2.05) is 24.8 Å². The van der Waals surface area contributed by atoms with Gasteiger partial charge in [-0.25, -0.2) is 27.1 Å². The molecule has 3 aliphatic heterocycles. The van der Waals surface area contributed by atoms with E-state index in [9.17, 15) is 17.6 Å². The molecule has 240 valence electrons. The van der Waals surface area contributed by atoms with Gasteiger partial charge in [0.25, 0.3) is 5.91 Å². The van der Waals surface area contributed by atoms with E-state index in [1.54, 1.807) is 16.4 Å². The maximum atomic E-state index is 14.5. The lowest BCUT2D eigenvalue weighted by Crippen LogP contribution is -2.63. The fourth-order valence-corrected chi connectivity index (χ4v) is 9.76. The molecule has 2 aromatic rings. The summed E-state index contributed by atoms with van der Waals surface area (Å²) in [7, 11) is -3.18. The Balaban J connectivity index is 1.12. The maximum Gasteiger partial charge on any atom is 0.257 e. The van der Waals surface area contributed by atoms with Crippen molar-refractivity contribution in [2.24, 2.45) is 5.92 Å². The zero-order valence-electron chi connectivity index (χ0n) is 26.6. The van der Waals surface area contributed by atoms with Crippen molar-refractivity contribution < 1.29 is 17.6 Å². The predicted molar refractivity (Wildman–Crippen MR) is 168 cm³/mol. The molecular weight excluding hydrogens is 579 g/mol. The van der Waals surface area contributed by atoms with Crippen LogP contribution in [0, 0.1) is 25.6 Å². The summed E-state index contributed by atoms with van der Waals surface area (Å²) in [5, 5.41) is -0.182. The highest BCUT2D eigenvalue weighted by molar-refractivity contribution is 7.90. The van der Waals surface area contributed by atoms with Crippen LogP contribution >= 0.6 is 0 Å². The Morgan fingerprint density at radius 1 is 0.977 bits per heavy atom. The molecule has 2 unspecified atom stereocenters. The molecule has 11 heteroatoms. The number of hydrogen-bond donors (Lipinski definition) is 0. The minimum Gasteiger partial charge on any atom is -0.338 e. The lowest BCUT2D eigenvalue weighted by atomic mass is 9.82. The number of aryl methyl sites for hydroxylation is 2. The van der Waals surface area contributed by atoms with Crippen molar-refractivity contribution in [3.63, 3.8) is 0 Å². The lowest BCUT2D eigenvalue weighted by molar-refractivity contribution is -0.0422. The van der Waals surface area contributed by atoms with Gasteiger partial charge in [-0.1, -0.05) is 12.1 Å². The molecule has 0 spiro atoms. The van der Waals surface area contributed by atoms with Crippen LogP contribution in [0.25, 0.3) is 0 Å². The maximum absolute atomic E-state index is 14.5. The highest BCUT2D eigenvalue weighted by Gasteiger charge is 2.45. The van der Waals surface area contributed by atoms with Crippen LogP contribution in [-0.2, 0) is 10.0 Å². The van der Waals surface area contributed by atoms with Crippen molar-refractivity contribution in [2.75, 3.05) is 45.8 Å². The Hall–Kier alpha value is -2.47. The van der Waals surface area contributed by atoms with Crippen LogP contribution in [0.2, 0.25) is 0 Å². The number of aromatic nitrogens is 2. The third kappa shape index (κ3) is 6.17. The van der Waals surface area contributed by atoms with Crippen LogP contribution in [0.4, 0.5) is 4.39 Å². The number of sulfonamides is 1. The van der Waals surface area contributed by atoms with Gasteiger partial charge in [-0.2, -0.15) is 0 Å². The average Bonchev–Trinajstić information content (AvgIpc) is 3.85. The van der Waals surface area contributed by atoms with Gasteiger partial charge >= 0.3 is 0 Å². The van der Waals surface area contributed by atoms with E-state index in [1.165, 1.54) is 12.4 Å². The second-order valence-electron chi connectivity index (χ2n) is 13.7. The minimum atomic E-state index is -3.18. The second-order valence-corrected chi connectivity index (χ2v) is 15.9. The van der Waals surface area contributed by atoms with E-state index in [0.29, 0.717) is 31.7 Å². The molecule has 4 fully saturated rings. The van der Waals surface area contributed by atoms with Crippen molar-refractivity contribution in [3.8, 4) is 0 Å². The van der Waals surface area contributed by atoms with E-state index in [4.69, 9.17) is 0 Å². The first-order valence-electron chi connectivity index (χ1n) is 16.3. The zero-order chi connectivity index (χ0) is 31.2. The fraction of sp³-hybridized carbons (Fsp3) is 0.667. The zero-order valence-corrected chi connectivity index (χ0v) is 27.4. The lowest BCUT2D eigenvalue weighted by Gasteiger charge is -2.54. The number of nitrogens with zero attached hydrogens (tertiary/aromatic N) is 6. The van der Waals surface area contributed by atoms with Gasteiger partial charge in [-0.3, -0.25) is 14.6 Å². The smallest absolute Gasteiger partial charge is 0.257 e. The Morgan fingerprint density at radius 3 is 2.23 bits per heavy atom. The van der Waals surface area contributed by atoms with Gasteiger partial charge in [0.2, 0.25) is 10.0 Å². The standard InChI is InChI=1S/C33H47FN6O3S/c1-23-21-38(33(4)12-16-37(17-13-33)32(41)30-24(2)35-22-36-25(30)3)18-19-40(23)31(27-6-5-7-28(34)20-27)26-10-14-39(15-11-26)44(42,43)29-8-9-29/h5-7,20,22-23,26,29,31H,8-19,21H2,1-4H3. The first kappa shape index (κ1) is 31.5. The molecule has 1 aliphatic carbocycles. The van der Waals surface area contributed by atoms with Gasteiger partial charge < -0.3 is 4.90 Å². The summed E-state index contributed by atoms with van der Waals surface area (Å²) in [5.41, 5.74) is 3.05. The quantitative estimate of drug-likeness (QED) is 0.456. The van der Waals surface area contributed by atoms with Gasteiger partial charge in [0.15, 0.2) is 0 Å². The van der Waals surface area contributed by atoms with E-state index >= 15 is 0 Å². The molecule has 4 aliphatic rings. The Kier molecular flexibility index (Phi) is 8.86. The van der Waals surface area contributed by atoms with Gasteiger partial charge in [-0.05, 0) is 89.8 Å². The molecule has 0 radical (unpaired) electrons. The number of halogens is 1. The molecule has 1 aromatic carbocycles. The fourth-order valence-electron chi connectivity index (χ4n) is 7.89. The predicted octanol–water partition coefficient (Wildman–Crippen LogP) is 4.18. The molecule has 1 aromatic heterocycles. The number of likely N-dealkylation sites (tertiary alicyclic amines) is 1. The molecule has 1 amide bonds. The number of rotatable bonds is 7. The normalized spacial score (nSPS) is 25.2. The summed E-state index contributed by atoms with van der Waals surface area (Å²) < 4.78 is 42.0. The van der Waals surface area contributed by atoms with E-state index in [2.05, 4.69) is 33.6 Å². The summed E-state index contributed by atoms with van der Waals surface area (Å²) in [6.45, 7) is 13.5. The topological polar surface area (TPSA) is 90.0 Å². The number of hydrogen-bond acceptors (Lipinski definition) is 7. The summed E-state index contributed by atoms with van der Waals surface area (Å²) in [6, 6.07) is 7.29. The highest BCUT2D eigenvalue weighted by Crippen LogP contribution is 2.41. The van der Waals surface area contributed by atoms with Gasteiger partial charge in [0.05, 0.1) is 22.2 Å². The summed E-state index contributed by atoms with van der Waals surface area (Å²) >= 11 is 0. The van der Waals surface area contributed by atoms with Crippen molar-refractivity contribution in [1.29, 1.82) is 0 Å². The Morgan fingerprint density at radius 2 is 1.64 bits per heavy atom. The van der Waals surface area contributed by atoms with Gasteiger partial charge in [-0.15, -0.1) is 0 Å². The van der Waals surface area contributed by atoms with Crippen LogP contribution in [0.5, 0.6) is 0 Å². The monoisotopic (exact) mass is 626 g/mol. The Bertz CT molecular complexity index is 1450. The van der Waals surface area contributed by atoms with E-state index < -0.39 is 10.0 Å². The molecule has 3 saturated heterocycles. The number of carbonyl (C=O) groups excluding carboxylic acids is 1. The largest absolute Gasteiger partial charge is 0.338 e. The van der Waals surface area contributed by atoms with Crippen LogP contribution in [0.3, 0.4) is 0 Å². The molecule has 2 atom stereocenters. The van der Waals surface area contributed by atoms with E-state index in [0.717, 1.165) is 75.1 Å².